The zero-order valence-electron chi connectivity index (χ0n) is 9.49. The molecule has 1 fully saturated rings. The third-order valence-corrected chi connectivity index (χ3v) is 3.34. The van der Waals surface area contributed by atoms with Crippen LogP contribution in [0.3, 0.4) is 0 Å². The van der Waals surface area contributed by atoms with E-state index in [0.717, 1.165) is 31.1 Å². The third-order valence-electron chi connectivity index (χ3n) is 3.34. The Kier molecular flexibility index (Phi) is 2.78. The molecule has 1 aromatic heterocycles. The molecule has 4 heteroatoms. The van der Waals surface area contributed by atoms with Crippen molar-refractivity contribution in [1.29, 1.82) is 0 Å². The summed E-state index contributed by atoms with van der Waals surface area (Å²) in [6.45, 7) is 4.11. The molecule has 15 heavy (non-hydrogen) atoms. The van der Waals surface area contributed by atoms with Crippen LogP contribution in [-0.4, -0.2) is 10.1 Å². The molecule has 0 aliphatic heterocycles. The fourth-order valence-electron chi connectivity index (χ4n) is 1.68. The lowest BCUT2D eigenvalue weighted by Gasteiger charge is -2.21. The lowest BCUT2D eigenvalue weighted by Crippen LogP contribution is -2.36. The highest BCUT2D eigenvalue weighted by atomic mass is 16.5. The van der Waals surface area contributed by atoms with Crippen LogP contribution < -0.4 is 5.73 Å². The second-order valence-electron chi connectivity index (χ2n) is 4.52. The van der Waals surface area contributed by atoms with Gasteiger partial charge in [-0.1, -0.05) is 19.0 Å². The maximum absolute atomic E-state index is 6.19. The Balaban J connectivity index is 2.10. The van der Waals surface area contributed by atoms with E-state index in [0.29, 0.717) is 5.82 Å². The Bertz CT molecular complexity index is 326. The van der Waals surface area contributed by atoms with Gasteiger partial charge >= 0.3 is 0 Å². The molecule has 0 atom stereocenters. The van der Waals surface area contributed by atoms with Crippen LogP contribution in [0.25, 0.3) is 0 Å². The van der Waals surface area contributed by atoms with Crippen molar-refractivity contribution in [2.75, 3.05) is 0 Å². The van der Waals surface area contributed by atoms with Gasteiger partial charge in [0.1, 0.15) is 0 Å². The van der Waals surface area contributed by atoms with Crippen molar-refractivity contribution in [3.05, 3.63) is 11.7 Å². The molecule has 4 nitrogen and oxygen atoms in total. The lowest BCUT2D eigenvalue weighted by molar-refractivity contribution is 0.333. The van der Waals surface area contributed by atoms with Gasteiger partial charge in [-0.2, -0.15) is 4.98 Å². The number of aromatic nitrogens is 2. The van der Waals surface area contributed by atoms with Gasteiger partial charge in [-0.05, 0) is 31.6 Å². The maximum atomic E-state index is 6.19. The van der Waals surface area contributed by atoms with Crippen LogP contribution in [0.4, 0.5) is 0 Å². The van der Waals surface area contributed by atoms with Gasteiger partial charge < -0.3 is 10.3 Å². The predicted octanol–water partition coefficient (Wildman–Crippen LogP) is 2.00. The summed E-state index contributed by atoms with van der Waals surface area (Å²) in [5, 5.41) is 4.00. The van der Waals surface area contributed by atoms with Crippen LogP contribution in [0.5, 0.6) is 0 Å². The van der Waals surface area contributed by atoms with Crippen molar-refractivity contribution in [3.63, 3.8) is 0 Å². The fraction of sp³-hybridized carbons (Fsp3) is 0.818. The summed E-state index contributed by atoms with van der Waals surface area (Å²) in [6.07, 6.45) is 5.20. The molecule has 0 radical (unpaired) electrons. The summed E-state index contributed by atoms with van der Waals surface area (Å²) in [5.41, 5.74) is 5.78. The zero-order valence-corrected chi connectivity index (χ0v) is 9.49. The first-order chi connectivity index (χ1) is 7.18. The molecule has 2 rings (SSSR count). The van der Waals surface area contributed by atoms with Crippen LogP contribution in [0.15, 0.2) is 4.52 Å². The van der Waals surface area contributed by atoms with Crippen LogP contribution in [0.1, 0.15) is 51.2 Å². The van der Waals surface area contributed by atoms with E-state index in [-0.39, 0.29) is 0 Å². The smallest absolute Gasteiger partial charge is 0.226 e. The lowest BCUT2D eigenvalue weighted by atomic mass is 9.93. The molecule has 0 spiro atoms. The van der Waals surface area contributed by atoms with Gasteiger partial charge in [-0.15, -0.1) is 0 Å². The number of nitrogens with two attached hydrogens (primary N) is 1. The van der Waals surface area contributed by atoms with Crippen molar-refractivity contribution in [1.82, 2.24) is 10.1 Å². The quantitative estimate of drug-likeness (QED) is 0.805. The molecule has 0 aromatic carbocycles. The van der Waals surface area contributed by atoms with Crippen molar-refractivity contribution in [2.24, 2.45) is 11.7 Å². The molecule has 1 heterocycles. The summed E-state index contributed by atoms with van der Waals surface area (Å²) in [5.74, 6) is 2.20. The van der Waals surface area contributed by atoms with Gasteiger partial charge in [0.25, 0.3) is 0 Å². The topological polar surface area (TPSA) is 64.9 Å². The van der Waals surface area contributed by atoms with Crippen molar-refractivity contribution in [3.8, 4) is 0 Å². The summed E-state index contributed by atoms with van der Waals surface area (Å²) in [7, 11) is 0. The zero-order chi connectivity index (χ0) is 10.9. The summed E-state index contributed by atoms with van der Waals surface area (Å²) in [4.78, 5) is 4.40. The molecule has 1 aliphatic carbocycles. The monoisotopic (exact) mass is 209 g/mol. The van der Waals surface area contributed by atoms with Crippen molar-refractivity contribution < 1.29 is 4.52 Å². The molecule has 0 saturated heterocycles. The summed E-state index contributed by atoms with van der Waals surface area (Å²) < 4.78 is 5.22. The Morgan fingerprint density at radius 1 is 1.40 bits per heavy atom. The highest BCUT2D eigenvalue weighted by Gasteiger charge is 2.30. The molecule has 1 saturated carbocycles. The Labute approximate surface area is 90.2 Å². The largest absolute Gasteiger partial charge is 0.339 e. The minimum Gasteiger partial charge on any atom is -0.339 e. The molecular weight excluding hydrogens is 190 g/mol. The van der Waals surface area contributed by atoms with Crippen molar-refractivity contribution in [2.45, 2.75) is 51.5 Å². The van der Waals surface area contributed by atoms with E-state index in [1.54, 1.807) is 0 Å². The van der Waals surface area contributed by atoms with E-state index in [1.807, 2.05) is 0 Å². The highest BCUT2D eigenvalue weighted by molar-refractivity contribution is 5.03. The van der Waals surface area contributed by atoms with Gasteiger partial charge in [0, 0.05) is 6.42 Å². The molecule has 1 aromatic rings. The van der Waals surface area contributed by atoms with Gasteiger partial charge in [-0.3, -0.25) is 0 Å². The van der Waals surface area contributed by atoms with Crippen LogP contribution in [-0.2, 0) is 12.0 Å². The standard InChI is InChI=1S/C11H19N3O/c1-3-11(12,4-2)10-13-9(15-14-10)7-8-5-6-8/h8H,3-7,12H2,1-2H3. The minimum absolute atomic E-state index is 0.411. The van der Waals surface area contributed by atoms with Gasteiger partial charge in [0.2, 0.25) is 5.89 Å². The van der Waals surface area contributed by atoms with E-state index >= 15 is 0 Å². The van der Waals surface area contributed by atoms with E-state index < -0.39 is 5.54 Å². The first-order valence-electron chi connectivity index (χ1n) is 5.80. The van der Waals surface area contributed by atoms with Crippen LogP contribution in [0, 0.1) is 5.92 Å². The van der Waals surface area contributed by atoms with E-state index in [9.17, 15) is 0 Å². The predicted molar refractivity (Wildman–Crippen MR) is 57.2 cm³/mol. The third kappa shape index (κ3) is 2.20. The molecule has 1 aliphatic rings. The Hall–Kier alpha value is -0.900. The van der Waals surface area contributed by atoms with Crippen LogP contribution in [0.2, 0.25) is 0 Å². The van der Waals surface area contributed by atoms with Gasteiger partial charge in [0.05, 0.1) is 5.54 Å². The van der Waals surface area contributed by atoms with Gasteiger partial charge in [-0.25, -0.2) is 0 Å². The second-order valence-corrected chi connectivity index (χ2v) is 4.52. The summed E-state index contributed by atoms with van der Waals surface area (Å²) in [6, 6.07) is 0. The number of rotatable bonds is 5. The number of hydrogen-bond donors (Lipinski definition) is 1. The first kappa shape index (κ1) is 10.6. The molecule has 0 amide bonds. The van der Waals surface area contributed by atoms with Crippen molar-refractivity contribution >= 4 is 0 Å². The average Bonchev–Trinajstić information content (AvgIpc) is 2.93. The Morgan fingerprint density at radius 3 is 2.60 bits per heavy atom. The molecule has 2 N–H and O–H groups in total. The van der Waals surface area contributed by atoms with Crippen LogP contribution >= 0.6 is 0 Å². The van der Waals surface area contributed by atoms with Gasteiger partial charge in [0.15, 0.2) is 5.82 Å². The normalized spacial score (nSPS) is 17.0. The summed E-state index contributed by atoms with van der Waals surface area (Å²) >= 11 is 0. The average molecular weight is 209 g/mol. The van der Waals surface area contributed by atoms with E-state index in [2.05, 4.69) is 24.0 Å². The minimum atomic E-state index is -0.411. The molecule has 84 valence electrons. The SMILES string of the molecule is CCC(N)(CC)c1noc(CC2CC2)n1. The Morgan fingerprint density at radius 2 is 2.07 bits per heavy atom. The fourth-order valence-corrected chi connectivity index (χ4v) is 1.68. The number of nitrogens with zero attached hydrogens (tertiary/aromatic N) is 2. The molecule has 0 bridgehead atoms. The van der Waals surface area contributed by atoms with E-state index in [4.69, 9.17) is 10.3 Å². The van der Waals surface area contributed by atoms with E-state index in [1.165, 1.54) is 12.8 Å². The maximum Gasteiger partial charge on any atom is 0.226 e. The molecule has 0 unspecified atom stereocenters. The molecular formula is C11H19N3O. The number of hydrogen-bond acceptors (Lipinski definition) is 4. The first-order valence-corrected chi connectivity index (χ1v) is 5.80. The second kappa shape index (κ2) is 3.93. The highest BCUT2D eigenvalue weighted by Crippen LogP contribution is 2.32.